The van der Waals surface area contributed by atoms with Crippen LogP contribution in [-0.4, -0.2) is 49.3 Å². The van der Waals surface area contributed by atoms with E-state index in [2.05, 4.69) is 67.8 Å². The fourth-order valence-corrected chi connectivity index (χ4v) is 6.43. The minimum atomic E-state index is -0.907. The average molecular weight is 395 g/mol. The molecule has 4 heteroatoms. The summed E-state index contributed by atoms with van der Waals surface area (Å²) in [5, 5.41) is 12.0. The Bertz CT molecular complexity index is 838. The van der Waals surface area contributed by atoms with Crippen molar-refractivity contribution in [2.24, 2.45) is 10.8 Å². The van der Waals surface area contributed by atoms with Crippen LogP contribution in [0.1, 0.15) is 33.3 Å². The summed E-state index contributed by atoms with van der Waals surface area (Å²) in [5.41, 5.74) is 0.809. The molecule has 1 aliphatic carbocycles. The van der Waals surface area contributed by atoms with Gasteiger partial charge in [0.25, 0.3) is 0 Å². The van der Waals surface area contributed by atoms with Crippen molar-refractivity contribution in [2.45, 2.75) is 39.3 Å². The fraction of sp³-hybridized carbons (Fsp3) is 0.520. The van der Waals surface area contributed by atoms with E-state index in [0.717, 1.165) is 37.5 Å². The summed E-state index contributed by atoms with van der Waals surface area (Å²) in [6.07, 6.45) is 0. The molecule has 0 atom stereocenters. The minimum absolute atomic E-state index is 0.266. The van der Waals surface area contributed by atoms with Crippen molar-refractivity contribution in [1.29, 1.82) is 0 Å². The third-order valence-electron chi connectivity index (χ3n) is 7.52. The lowest BCUT2D eigenvalue weighted by molar-refractivity contribution is -0.307. The van der Waals surface area contributed by atoms with Crippen molar-refractivity contribution in [3.63, 3.8) is 0 Å². The monoisotopic (exact) mass is 394 g/mol. The Morgan fingerprint density at radius 1 is 0.862 bits per heavy atom. The van der Waals surface area contributed by atoms with Gasteiger partial charge < -0.3 is 14.7 Å². The van der Waals surface area contributed by atoms with Gasteiger partial charge in [-0.15, -0.1) is 0 Å². The molecule has 2 fully saturated rings. The third kappa shape index (κ3) is 2.88. The number of para-hydroxylation sites is 1. The van der Waals surface area contributed by atoms with Crippen molar-refractivity contribution in [1.82, 2.24) is 4.90 Å². The lowest BCUT2D eigenvalue weighted by atomic mass is 9.39. The number of methoxy groups -OCH3 is 1. The lowest BCUT2D eigenvalue weighted by Gasteiger charge is -2.72. The molecule has 0 aromatic heterocycles. The van der Waals surface area contributed by atoms with E-state index in [9.17, 15) is 5.11 Å². The van der Waals surface area contributed by atoms with Gasteiger partial charge in [-0.25, -0.2) is 0 Å². The number of nitrogens with zero attached hydrogens (tertiary/aromatic N) is 2. The van der Waals surface area contributed by atoms with Gasteiger partial charge in [0, 0.05) is 48.7 Å². The quantitative estimate of drug-likeness (QED) is 0.845. The number of piperazine rings is 1. The molecule has 0 radical (unpaired) electrons. The highest BCUT2D eigenvalue weighted by atomic mass is 16.5. The Hall–Kier alpha value is -2.04. The highest BCUT2D eigenvalue weighted by Gasteiger charge is 2.73. The Labute approximate surface area is 175 Å². The molecule has 29 heavy (non-hydrogen) atoms. The summed E-state index contributed by atoms with van der Waals surface area (Å²) >= 11 is 0. The fourth-order valence-electron chi connectivity index (χ4n) is 6.43. The molecule has 1 N–H and O–H groups in total. The molecule has 2 aliphatic rings. The standard InChI is InChI=1S/C25H34N2O2/c1-23(2)22(27-16-14-26(15-17-27)20-11-7-6-8-12-20)24(3,4)25(23,28)19-10-9-13-21(18-19)29-5/h6-13,18,22,28H,14-17H2,1-5H3. The number of anilines is 1. The third-order valence-corrected chi connectivity index (χ3v) is 7.52. The molecular formula is C25H34N2O2. The zero-order valence-corrected chi connectivity index (χ0v) is 18.4. The van der Waals surface area contributed by atoms with Crippen LogP contribution in [0.25, 0.3) is 0 Å². The molecule has 4 rings (SSSR count). The molecule has 1 saturated carbocycles. The molecule has 0 spiro atoms. The second-order valence-corrected chi connectivity index (χ2v) is 9.65. The van der Waals surface area contributed by atoms with Crippen LogP contribution >= 0.6 is 0 Å². The Balaban J connectivity index is 1.56. The maximum Gasteiger partial charge on any atom is 0.119 e. The molecule has 0 bridgehead atoms. The van der Waals surface area contributed by atoms with Gasteiger partial charge in [-0.1, -0.05) is 58.0 Å². The maximum absolute atomic E-state index is 12.0. The summed E-state index contributed by atoms with van der Waals surface area (Å²) in [4.78, 5) is 5.05. The van der Waals surface area contributed by atoms with Gasteiger partial charge in [0.05, 0.1) is 7.11 Å². The van der Waals surface area contributed by atoms with Crippen molar-refractivity contribution in [3.8, 4) is 5.75 Å². The molecule has 1 saturated heterocycles. The van der Waals surface area contributed by atoms with E-state index >= 15 is 0 Å². The maximum atomic E-state index is 12.0. The van der Waals surface area contributed by atoms with E-state index < -0.39 is 5.60 Å². The van der Waals surface area contributed by atoms with Crippen LogP contribution < -0.4 is 9.64 Å². The molecule has 0 unspecified atom stereocenters. The van der Waals surface area contributed by atoms with Crippen LogP contribution in [0.15, 0.2) is 54.6 Å². The first-order valence-electron chi connectivity index (χ1n) is 10.6. The van der Waals surface area contributed by atoms with Gasteiger partial charge >= 0.3 is 0 Å². The average Bonchev–Trinajstić information content (AvgIpc) is 2.73. The van der Waals surface area contributed by atoms with Gasteiger partial charge in [-0.05, 0) is 29.8 Å². The largest absolute Gasteiger partial charge is 0.497 e. The first kappa shape index (κ1) is 20.2. The zero-order chi connectivity index (χ0) is 20.9. The number of aliphatic hydroxyl groups is 1. The number of hydrogen-bond acceptors (Lipinski definition) is 4. The summed E-state index contributed by atoms with van der Waals surface area (Å²) in [7, 11) is 1.68. The van der Waals surface area contributed by atoms with Gasteiger partial charge in [0.15, 0.2) is 0 Å². The molecule has 4 nitrogen and oxygen atoms in total. The predicted molar refractivity (Wildman–Crippen MR) is 118 cm³/mol. The second kappa shape index (κ2) is 7.03. The molecule has 156 valence electrons. The van der Waals surface area contributed by atoms with E-state index in [1.165, 1.54) is 5.69 Å². The summed E-state index contributed by atoms with van der Waals surface area (Å²) in [6, 6.07) is 18.9. The second-order valence-electron chi connectivity index (χ2n) is 9.65. The van der Waals surface area contributed by atoms with Crippen LogP contribution in [0.4, 0.5) is 5.69 Å². The van der Waals surface area contributed by atoms with Crippen molar-refractivity contribution < 1.29 is 9.84 Å². The molecule has 2 aromatic carbocycles. The van der Waals surface area contributed by atoms with Crippen LogP contribution in [0, 0.1) is 10.8 Å². The first-order valence-corrected chi connectivity index (χ1v) is 10.6. The van der Waals surface area contributed by atoms with Crippen molar-refractivity contribution >= 4 is 5.69 Å². The Morgan fingerprint density at radius 2 is 1.48 bits per heavy atom. The van der Waals surface area contributed by atoms with Gasteiger partial charge in [0.1, 0.15) is 11.4 Å². The van der Waals surface area contributed by atoms with E-state index in [0.29, 0.717) is 6.04 Å². The van der Waals surface area contributed by atoms with Crippen LogP contribution in [-0.2, 0) is 5.60 Å². The highest BCUT2D eigenvalue weighted by Crippen LogP contribution is 2.68. The SMILES string of the molecule is COc1cccc(C2(O)C(C)(C)C(N3CCN(c4ccccc4)CC3)C2(C)C)c1. The van der Waals surface area contributed by atoms with Gasteiger partial charge in [-0.3, -0.25) is 4.90 Å². The van der Waals surface area contributed by atoms with Crippen LogP contribution in [0.3, 0.4) is 0 Å². The molecule has 0 amide bonds. The predicted octanol–water partition coefficient (Wildman–Crippen LogP) is 4.14. The Morgan fingerprint density at radius 3 is 2.07 bits per heavy atom. The van der Waals surface area contributed by atoms with Crippen molar-refractivity contribution in [2.75, 3.05) is 38.2 Å². The lowest BCUT2D eigenvalue weighted by Crippen LogP contribution is -2.79. The van der Waals surface area contributed by atoms with Gasteiger partial charge in [0.2, 0.25) is 0 Å². The molecular weight excluding hydrogens is 360 g/mol. The Kier molecular flexibility index (Phi) is 4.91. The number of rotatable bonds is 4. The summed E-state index contributed by atoms with van der Waals surface area (Å²) in [6.45, 7) is 12.9. The zero-order valence-electron chi connectivity index (χ0n) is 18.4. The highest BCUT2D eigenvalue weighted by molar-refractivity contribution is 5.47. The van der Waals surface area contributed by atoms with Crippen LogP contribution in [0.2, 0.25) is 0 Å². The number of hydrogen-bond donors (Lipinski definition) is 1. The number of ether oxygens (including phenoxy) is 1. The minimum Gasteiger partial charge on any atom is -0.497 e. The summed E-state index contributed by atoms with van der Waals surface area (Å²) < 4.78 is 5.42. The van der Waals surface area contributed by atoms with Crippen LogP contribution in [0.5, 0.6) is 5.75 Å². The van der Waals surface area contributed by atoms with E-state index in [-0.39, 0.29) is 10.8 Å². The van der Waals surface area contributed by atoms with Gasteiger partial charge in [-0.2, -0.15) is 0 Å². The van der Waals surface area contributed by atoms with E-state index in [1.807, 2.05) is 24.3 Å². The van der Waals surface area contributed by atoms with Crippen molar-refractivity contribution in [3.05, 3.63) is 60.2 Å². The first-order chi connectivity index (χ1) is 13.7. The molecule has 1 heterocycles. The van der Waals surface area contributed by atoms with E-state index in [4.69, 9.17) is 4.74 Å². The van der Waals surface area contributed by atoms with E-state index in [1.54, 1.807) is 7.11 Å². The topological polar surface area (TPSA) is 35.9 Å². The molecule has 1 aliphatic heterocycles. The number of benzene rings is 2. The summed E-state index contributed by atoms with van der Waals surface area (Å²) in [5.74, 6) is 0.794. The smallest absolute Gasteiger partial charge is 0.119 e. The normalized spacial score (nSPS) is 28.6. The molecule has 2 aromatic rings.